The molecule has 1 amide bonds. The van der Waals surface area contributed by atoms with Crippen LogP contribution in [0.5, 0.6) is 0 Å². The van der Waals surface area contributed by atoms with Crippen LogP contribution in [0.2, 0.25) is 0 Å². The molecule has 0 bridgehead atoms. The first-order valence-corrected chi connectivity index (χ1v) is 7.94. The third kappa shape index (κ3) is 2.86. The molecular weight excluding hydrogens is 270 g/mol. The van der Waals surface area contributed by atoms with Crippen LogP contribution in [0, 0.1) is 11.8 Å². The molecule has 20 heavy (non-hydrogen) atoms. The summed E-state index contributed by atoms with van der Waals surface area (Å²) in [5.74, 6) is 1.42. The van der Waals surface area contributed by atoms with Crippen molar-refractivity contribution in [2.24, 2.45) is 11.8 Å². The number of aliphatic hydroxyl groups is 1. The maximum atomic E-state index is 12.2. The lowest BCUT2D eigenvalue weighted by Crippen LogP contribution is -2.27. The summed E-state index contributed by atoms with van der Waals surface area (Å²) in [4.78, 5) is 15.2. The number of carbonyl (C=O) groups excluding carboxylic acids is 1. The molecule has 3 rings (SSSR count). The molecule has 1 fully saturated rings. The largest absolute Gasteiger partial charge is 0.392 e. The molecule has 4 heteroatoms. The minimum absolute atomic E-state index is 0.0563. The van der Waals surface area contributed by atoms with Gasteiger partial charge in [-0.15, -0.1) is 11.3 Å². The van der Waals surface area contributed by atoms with Crippen LogP contribution in [0.25, 0.3) is 6.08 Å². The minimum Gasteiger partial charge on any atom is -0.392 e. The second-order valence-electron chi connectivity index (χ2n) is 5.55. The van der Waals surface area contributed by atoms with Gasteiger partial charge in [0, 0.05) is 24.0 Å². The predicted octanol–water partition coefficient (Wildman–Crippen LogP) is 2.68. The van der Waals surface area contributed by atoms with Crippen LogP contribution in [-0.2, 0) is 11.4 Å². The van der Waals surface area contributed by atoms with Gasteiger partial charge < -0.3 is 10.0 Å². The molecule has 0 radical (unpaired) electrons. The van der Waals surface area contributed by atoms with Crippen molar-refractivity contribution in [3.63, 3.8) is 0 Å². The molecule has 1 aromatic heterocycles. The van der Waals surface area contributed by atoms with Gasteiger partial charge >= 0.3 is 0 Å². The smallest absolute Gasteiger partial charge is 0.246 e. The highest BCUT2D eigenvalue weighted by molar-refractivity contribution is 7.11. The first-order chi connectivity index (χ1) is 9.76. The highest BCUT2D eigenvalue weighted by Gasteiger charge is 2.34. The number of carbonyl (C=O) groups is 1. The quantitative estimate of drug-likeness (QED) is 0.686. The summed E-state index contributed by atoms with van der Waals surface area (Å²) in [6, 6.07) is 1.92. The fourth-order valence-electron chi connectivity index (χ4n) is 3.02. The Balaban J connectivity index is 1.59. The van der Waals surface area contributed by atoms with E-state index >= 15 is 0 Å². The second kappa shape index (κ2) is 5.94. The molecule has 0 unspecified atom stereocenters. The highest BCUT2D eigenvalue weighted by Crippen LogP contribution is 2.32. The van der Waals surface area contributed by atoms with Crippen LogP contribution in [-0.4, -0.2) is 29.0 Å². The Bertz CT molecular complexity index is 530. The van der Waals surface area contributed by atoms with E-state index in [-0.39, 0.29) is 12.5 Å². The van der Waals surface area contributed by atoms with Gasteiger partial charge in [-0.1, -0.05) is 12.2 Å². The molecule has 1 aliphatic carbocycles. The van der Waals surface area contributed by atoms with E-state index in [0.29, 0.717) is 11.8 Å². The molecule has 1 N–H and O–H groups in total. The number of allylic oxidation sites excluding steroid dienone is 2. The lowest BCUT2D eigenvalue weighted by molar-refractivity contribution is -0.125. The van der Waals surface area contributed by atoms with Gasteiger partial charge in [0.25, 0.3) is 0 Å². The van der Waals surface area contributed by atoms with E-state index in [1.165, 1.54) is 0 Å². The average Bonchev–Trinajstić information content (AvgIpc) is 3.10. The number of thiophene rings is 1. The Morgan fingerprint density at radius 3 is 2.65 bits per heavy atom. The topological polar surface area (TPSA) is 40.5 Å². The van der Waals surface area contributed by atoms with Crippen molar-refractivity contribution in [2.45, 2.75) is 19.4 Å². The zero-order chi connectivity index (χ0) is 13.9. The maximum absolute atomic E-state index is 12.2. The Labute approximate surface area is 123 Å². The molecule has 0 saturated carbocycles. The SMILES string of the molecule is O=C(/C=C/c1cc(CO)cs1)N1C[C@H]2CC=CC[C@H]2C1. The van der Waals surface area contributed by atoms with Crippen molar-refractivity contribution >= 4 is 23.3 Å². The van der Waals surface area contributed by atoms with E-state index in [1.807, 2.05) is 22.4 Å². The van der Waals surface area contributed by atoms with E-state index in [0.717, 1.165) is 36.4 Å². The third-order valence-corrected chi connectivity index (χ3v) is 5.13. The van der Waals surface area contributed by atoms with Gasteiger partial charge in [0.2, 0.25) is 5.91 Å². The summed E-state index contributed by atoms with van der Waals surface area (Å²) in [7, 11) is 0. The zero-order valence-corrected chi connectivity index (χ0v) is 12.2. The number of likely N-dealkylation sites (tertiary alicyclic amines) is 1. The van der Waals surface area contributed by atoms with Crippen molar-refractivity contribution in [1.29, 1.82) is 0 Å². The van der Waals surface area contributed by atoms with Gasteiger partial charge in [-0.25, -0.2) is 0 Å². The molecule has 0 spiro atoms. The Morgan fingerprint density at radius 1 is 1.35 bits per heavy atom. The van der Waals surface area contributed by atoms with E-state index < -0.39 is 0 Å². The van der Waals surface area contributed by atoms with Crippen molar-refractivity contribution < 1.29 is 9.90 Å². The van der Waals surface area contributed by atoms with Crippen LogP contribution in [0.1, 0.15) is 23.3 Å². The summed E-state index contributed by atoms with van der Waals surface area (Å²) < 4.78 is 0. The molecule has 1 aromatic rings. The second-order valence-corrected chi connectivity index (χ2v) is 6.50. The summed E-state index contributed by atoms with van der Waals surface area (Å²) >= 11 is 1.55. The number of nitrogens with zero attached hydrogens (tertiary/aromatic N) is 1. The molecule has 2 atom stereocenters. The van der Waals surface area contributed by atoms with E-state index in [1.54, 1.807) is 17.4 Å². The third-order valence-electron chi connectivity index (χ3n) is 4.18. The van der Waals surface area contributed by atoms with Crippen LogP contribution >= 0.6 is 11.3 Å². The first kappa shape index (κ1) is 13.6. The van der Waals surface area contributed by atoms with E-state index in [2.05, 4.69) is 12.2 Å². The van der Waals surface area contributed by atoms with Gasteiger partial charge in [0.05, 0.1) is 6.61 Å². The van der Waals surface area contributed by atoms with Crippen LogP contribution in [0.3, 0.4) is 0 Å². The van der Waals surface area contributed by atoms with Crippen LogP contribution in [0.4, 0.5) is 0 Å². The normalized spacial score (nSPS) is 25.4. The highest BCUT2D eigenvalue weighted by atomic mass is 32.1. The number of hydrogen-bond donors (Lipinski definition) is 1. The van der Waals surface area contributed by atoms with Crippen LogP contribution in [0.15, 0.2) is 29.7 Å². The summed E-state index contributed by atoms with van der Waals surface area (Å²) in [6.07, 6.45) is 10.2. The molecule has 0 aromatic carbocycles. The van der Waals surface area contributed by atoms with Gasteiger partial charge in [0.15, 0.2) is 0 Å². The lowest BCUT2D eigenvalue weighted by Gasteiger charge is -2.17. The molecule has 1 aliphatic heterocycles. The van der Waals surface area contributed by atoms with Gasteiger partial charge in [0.1, 0.15) is 0 Å². The fourth-order valence-corrected chi connectivity index (χ4v) is 3.81. The molecule has 1 saturated heterocycles. The summed E-state index contributed by atoms with van der Waals surface area (Å²) in [6.45, 7) is 1.84. The predicted molar refractivity (Wildman–Crippen MR) is 81.2 cm³/mol. The molecule has 2 aliphatic rings. The maximum Gasteiger partial charge on any atom is 0.246 e. The van der Waals surface area contributed by atoms with Crippen molar-refractivity contribution in [3.05, 3.63) is 40.1 Å². The summed E-state index contributed by atoms with van der Waals surface area (Å²) in [5, 5.41) is 10.9. The summed E-state index contributed by atoms with van der Waals surface area (Å²) in [5.41, 5.74) is 0.903. The number of aliphatic hydroxyl groups excluding tert-OH is 1. The molecule has 3 nitrogen and oxygen atoms in total. The minimum atomic E-state index is 0.0563. The van der Waals surface area contributed by atoms with Gasteiger partial charge in [-0.05, 0) is 47.8 Å². The fraction of sp³-hybridized carbons (Fsp3) is 0.438. The monoisotopic (exact) mass is 289 g/mol. The number of rotatable bonds is 3. The first-order valence-electron chi connectivity index (χ1n) is 7.06. The number of amides is 1. The average molecular weight is 289 g/mol. The Morgan fingerprint density at radius 2 is 2.05 bits per heavy atom. The Hall–Kier alpha value is -1.39. The molecule has 106 valence electrons. The van der Waals surface area contributed by atoms with Crippen molar-refractivity contribution in [2.75, 3.05) is 13.1 Å². The lowest BCUT2D eigenvalue weighted by atomic mass is 9.86. The van der Waals surface area contributed by atoms with Crippen molar-refractivity contribution in [1.82, 2.24) is 4.90 Å². The van der Waals surface area contributed by atoms with Crippen LogP contribution < -0.4 is 0 Å². The molecule has 2 heterocycles. The number of hydrogen-bond acceptors (Lipinski definition) is 3. The standard InChI is InChI=1S/C16H19NO2S/c18-10-12-7-15(20-11-12)5-6-16(19)17-8-13-3-1-2-4-14(13)9-17/h1-2,5-7,11,13-14,18H,3-4,8-10H2/b6-5+/t13-,14+. The van der Waals surface area contributed by atoms with E-state index in [9.17, 15) is 4.79 Å². The Kier molecular flexibility index (Phi) is 4.03. The van der Waals surface area contributed by atoms with Crippen molar-refractivity contribution in [3.8, 4) is 0 Å². The zero-order valence-electron chi connectivity index (χ0n) is 11.4. The van der Waals surface area contributed by atoms with Gasteiger partial charge in [-0.2, -0.15) is 0 Å². The van der Waals surface area contributed by atoms with Gasteiger partial charge in [-0.3, -0.25) is 4.79 Å². The number of fused-ring (bicyclic) bond motifs is 1. The van der Waals surface area contributed by atoms with E-state index in [4.69, 9.17) is 5.11 Å². The molecular formula is C16H19NO2S.